The first-order valence-corrected chi connectivity index (χ1v) is 8.46. The van der Waals surface area contributed by atoms with E-state index in [1.165, 1.54) is 0 Å². The third-order valence-corrected chi connectivity index (χ3v) is 4.99. The van der Waals surface area contributed by atoms with E-state index in [0.29, 0.717) is 23.9 Å². The molecule has 3 rings (SSSR count). The molecule has 1 aromatic rings. The summed E-state index contributed by atoms with van der Waals surface area (Å²) in [5.74, 6) is -1.50. The Bertz CT molecular complexity index is 677. The van der Waals surface area contributed by atoms with Crippen LogP contribution in [0.1, 0.15) is 37.7 Å². The molecule has 24 heavy (non-hydrogen) atoms. The molecule has 6 heteroatoms. The van der Waals surface area contributed by atoms with Crippen LogP contribution in [0.25, 0.3) is 0 Å². The molecule has 0 unspecified atom stereocenters. The second-order valence-corrected chi connectivity index (χ2v) is 6.69. The first kappa shape index (κ1) is 17.0. The molecule has 1 fully saturated rings. The van der Waals surface area contributed by atoms with E-state index in [9.17, 15) is 14.7 Å². The fourth-order valence-electron chi connectivity index (χ4n) is 3.49. The lowest BCUT2D eigenvalue weighted by Gasteiger charge is -2.35. The number of carbonyl (C=O) groups is 2. The molecule has 1 aromatic carbocycles. The zero-order chi connectivity index (χ0) is 17.3. The van der Waals surface area contributed by atoms with Crippen LogP contribution in [0.15, 0.2) is 35.5 Å². The molecule has 5 nitrogen and oxygen atoms in total. The molecule has 2 aliphatic heterocycles. The van der Waals surface area contributed by atoms with Gasteiger partial charge in [-0.2, -0.15) is 0 Å². The molecule has 128 valence electrons. The molecule has 0 spiro atoms. The van der Waals surface area contributed by atoms with Crippen LogP contribution in [0.3, 0.4) is 0 Å². The summed E-state index contributed by atoms with van der Waals surface area (Å²) in [6.45, 7) is 2.84. The van der Waals surface area contributed by atoms with Crippen LogP contribution >= 0.6 is 11.6 Å². The number of ether oxygens (including phenoxy) is 1. The van der Waals surface area contributed by atoms with Crippen molar-refractivity contribution >= 4 is 23.5 Å². The molecule has 0 aromatic heterocycles. The maximum atomic E-state index is 12.6. The summed E-state index contributed by atoms with van der Waals surface area (Å²) >= 11 is 5.91. The quantitative estimate of drug-likeness (QED) is 0.906. The Hall–Kier alpha value is -1.85. The Balaban J connectivity index is 1.94. The number of allylic oxidation sites excluding steroid dienone is 1. The third-order valence-electron chi connectivity index (χ3n) is 4.74. The zero-order valence-corrected chi connectivity index (χ0v) is 14.3. The maximum absolute atomic E-state index is 12.6. The normalized spacial score (nSPS) is 24.6. The van der Waals surface area contributed by atoms with Crippen LogP contribution in [0, 0.1) is 0 Å². The van der Waals surface area contributed by atoms with Gasteiger partial charge >= 0.3 is 5.97 Å². The predicted octanol–water partition coefficient (Wildman–Crippen LogP) is 3.19. The van der Waals surface area contributed by atoms with Gasteiger partial charge in [0.25, 0.3) is 0 Å². The minimum absolute atomic E-state index is 0.00831. The number of nitrogens with zero attached hydrogens (tertiary/aromatic N) is 1. The van der Waals surface area contributed by atoms with Gasteiger partial charge in [0, 0.05) is 29.7 Å². The van der Waals surface area contributed by atoms with Gasteiger partial charge in [0.2, 0.25) is 5.91 Å². The number of carbonyl (C=O) groups excluding carboxylic acids is 1. The van der Waals surface area contributed by atoms with Gasteiger partial charge in [0.05, 0.1) is 18.2 Å². The second kappa shape index (κ2) is 6.95. The fourth-order valence-corrected chi connectivity index (χ4v) is 3.61. The smallest absolute Gasteiger partial charge is 0.333 e. The second-order valence-electron chi connectivity index (χ2n) is 6.25. The highest BCUT2D eigenvalue weighted by Gasteiger charge is 2.37. The molecule has 0 bridgehead atoms. The first-order chi connectivity index (χ1) is 11.5. The van der Waals surface area contributed by atoms with E-state index in [-0.39, 0.29) is 24.0 Å². The molecule has 0 aliphatic carbocycles. The van der Waals surface area contributed by atoms with Gasteiger partial charge in [-0.1, -0.05) is 23.7 Å². The standard InChI is InChI=1S/C18H20ClNO4/c1-11-17(18(22)23)15(12-4-6-13(19)7-5-12)9-16(21)20(11)10-14-3-2-8-24-14/h4-7,14-15H,2-3,8-10H2,1H3,(H,22,23)/t14-,15+/m0/s1. The van der Waals surface area contributed by atoms with Gasteiger partial charge in [-0.25, -0.2) is 4.79 Å². The van der Waals surface area contributed by atoms with Crippen molar-refractivity contribution in [2.24, 2.45) is 0 Å². The number of amides is 1. The maximum Gasteiger partial charge on any atom is 0.333 e. The Morgan fingerprint density at radius 1 is 1.38 bits per heavy atom. The lowest BCUT2D eigenvalue weighted by molar-refractivity contribution is -0.135. The van der Waals surface area contributed by atoms with Crippen LogP contribution in [0.5, 0.6) is 0 Å². The van der Waals surface area contributed by atoms with Crippen LogP contribution in [0.2, 0.25) is 5.02 Å². The summed E-state index contributed by atoms with van der Waals surface area (Å²) in [4.78, 5) is 26.1. The molecule has 2 heterocycles. The Kier molecular flexibility index (Phi) is 4.92. The van der Waals surface area contributed by atoms with Crippen molar-refractivity contribution in [3.63, 3.8) is 0 Å². The van der Waals surface area contributed by atoms with Crippen molar-refractivity contribution in [3.05, 3.63) is 46.1 Å². The predicted molar refractivity (Wildman–Crippen MR) is 89.8 cm³/mol. The molecular weight excluding hydrogens is 330 g/mol. The first-order valence-electron chi connectivity index (χ1n) is 8.09. The van der Waals surface area contributed by atoms with E-state index in [4.69, 9.17) is 16.3 Å². The van der Waals surface area contributed by atoms with Gasteiger partial charge in [0.15, 0.2) is 0 Å². The number of benzene rings is 1. The number of carboxylic acids is 1. The molecule has 0 saturated carbocycles. The monoisotopic (exact) mass is 349 g/mol. The largest absolute Gasteiger partial charge is 0.478 e. The summed E-state index contributed by atoms with van der Waals surface area (Å²) in [7, 11) is 0. The SMILES string of the molecule is CC1=C(C(=O)O)[C@@H](c2ccc(Cl)cc2)CC(=O)N1C[C@@H]1CCCO1. The Morgan fingerprint density at radius 2 is 2.08 bits per heavy atom. The topological polar surface area (TPSA) is 66.8 Å². The van der Waals surface area contributed by atoms with Crippen LogP contribution in [0.4, 0.5) is 0 Å². The number of carboxylic acid groups (broad SMARTS) is 1. The van der Waals surface area contributed by atoms with Crippen molar-refractivity contribution in [1.82, 2.24) is 4.90 Å². The van der Waals surface area contributed by atoms with Gasteiger partial charge in [-0.05, 0) is 37.5 Å². The number of aliphatic carboxylic acids is 1. The Labute approximate surface area is 145 Å². The molecule has 1 saturated heterocycles. The number of halogens is 1. The molecule has 2 atom stereocenters. The van der Waals surface area contributed by atoms with Gasteiger partial charge in [0.1, 0.15) is 0 Å². The highest BCUT2D eigenvalue weighted by atomic mass is 35.5. The highest BCUT2D eigenvalue weighted by Crippen LogP contribution is 2.37. The third kappa shape index (κ3) is 3.32. The van der Waals surface area contributed by atoms with Crippen molar-refractivity contribution < 1.29 is 19.4 Å². The van der Waals surface area contributed by atoms with E-state index >= 15 is 0 Å². The number of hydrogen-bond donors (Lipinski definition) is 1. The number of rotatable bonds is 4. The minimum atomic E-state index is -0.989. The summed E-state index contributed by atoms with van der Waals surface area (Å²) < 4.78 is 5.59. The summed E-state index contributed by atoms with van der Waals surface area (Å²) in [5, 5.41) is 10.3. The molecule has 0 radical (unpaired) electrons. The van der Waals surface area contributed by atoms with Crippen LogP contribution in [-0.4, -0.2) is 41.1 Å². The van der Waals surface area contributed by atoms with E-state index in [2.05, 4.69) is 0 Å². The number of hydrogen-bond acceptors (Lipinski definition) is 3. The average Bonchev–Trinajstić information content (AvgIpc) is 3.04. The van der Waals surface area contributed by atoms with E-state index in [0.717, 1.165) is 18.4 Å². The van der Waals surface area contributed by atoms with Gasteiger partial charge < -0.3 is 14.7 Å². The van der Waals surface area contributed by atoms with Crippen molar-refractivity contribution in [1.29, 1.82) is 0 Å². The highest BCUT2D eigenvalue weighted by molar-refractivity contribution is 6.30. The van der Waals surface area contributed by atoms with Gasteiger partial charge in [-0.15, -0.1) is 0 Å². The molecule has 1 N–H and O–H groups in total. The van der Waals surface area contributed by atoms with Crippen LogP contribution in [-0.2, 0) is 14.3 Å². The average molecular weight is 350 g/mol. The van der Waals surface area contributed by atoms with Crippen molar-refractivity contribution in [3.8, 4) is 0 Å². The lowest BCUT2D eigenvalue weighted by atomic mass is 9.83. The summed E-state index contributed by atoms with van der Waals surface area (Å²) in [5.41, 5.74) is 1.57. The van der Waals surface area contributed by atoms with Crippen molar-refractivity contribution in [2.75, 3.05) is 13.2 Å². The Morgan fingerprint density at radius 3 is 2.67 bits per heavy atom. The molecule has 2 aliphatic rings. The molecule has 1 amide bonds. The molecular formula is C18H20ClNO4. The summed E-state index contributed by atoms with van der Waals surface area (Å²) in [6, 6.07) is 7.00. The van der Waals surface area contributed by atoms with Crippen molar-refractivity contribution in [2.45, 2.75) is 38.2 Å². The van der Waals surface area contributed by atoms with Gasteiger partial charge in [-0.3, -0.25) is 4.79 Å². The fraction of sp³-hybridized carbons (Fsp3) is 0.444. The summed E-state index contributed by atoms with van der Waals surface area (Å²) in [6.07, 6.45) is 2.02. The van der Waals surface area contributed by atoms with E-state index in [1.807, 2.05) is 0 Å². The zero-order valence-electron chi connectivity index (χ0n) is 13.5. The lowest BCUT2D eigenvalue weighted by Crippen LogP contribution is -2.41. The van der Waals surface area contributed by atoms with E-state index in [1.54, 1.807) is 36.1 Å². The minimum Gasteiger partial charge on any atom is -0.478 e. The van der Waals surface area contributed by atoms with Crippen LogP contribution < -0.4 is 0 Å². The van der Waals surface area contributed by atoms with E-state index < -0.39 is 11.9 Å².